The van der Waals surface area contributed by atoms with Crippen molar-refractivity contribution in [3.63, 3.8) is 0 Å². The highest BCUT2D eigenvalue weighted by Gasteiger charge is 2.50. The minimum Gasteiger partial charge on any atom is -0.438 e. The lowest BCUT2D eigenvalue weighted by Gasteiger charge is -2.43. The SMILES string of the molecule is COC(=O)O[C@H]1CS[C@@H](CO[Si](c2ccccc2)(c2ccccc2)C(C)(C)C)O1. The lowest BCUT2D eigenvalue weighted by atomic mass is 10.2. The van der Waals surface area contributed by atoms with Gasteiger partial charge in [0.2, 0.25) is 6.29 Å². The number of carbonyl (C=O) groups excluding carboxylic acids is 1. The molecule has 156 valence electrons. The molecule has 0 spiro atoms. The Balaban J connectivity index is 1.86. The molecule has 2 atom stereocenters. The van der Waals surface area contributed by atoms with Crippen molar-refractivity contribution in [3.8, 4) is 0 Å². The summed E-state index contributed by atoms with van der Waals surface area (Å²) in [7, 11) is -1.32. The van der Waals surface area contributed by atoms with Crippen molar-refractivity contribution in [1.82, 2.24) is 0 Å². The molecule has 1 aliphatic heterocycles. The Bertz CT molecular complexity index is 754. The molecule has 1 aliphatic rings. The van der Waals surface area contributed by atoms with Crippen LogP contribution in [-0.4, -0.2) is 45.7 Å². The number of hydrogen-bond acceptors (Lipinski definition) is 6. The van der Waals surface area contributed by atoms with Crippen molar-refractivity contribution in [3.05, 3.63) is 60.7 Å². The number of benzene rings is 2. The van der Waals surface area contributed by atoms with E-state index in [1.807, 2.05) is 12.1 Å². The first kappa shape index (κ1) is 21.9. The van der Waals surface area contributed by atoms with E-state index >= 15 is 0 Å². The lowest BCUT2D eigenvalue weighted by Crippen LogP contribution is -2.67. The maximum atomic E-state index is 11.3. The van der Waals surface area contributed by atoms with E-state index in [1.165, 1.54) is 17.5 Å². The summed E-state index contributed by atoms with van der Waals surface area (Å²) in [6.07, 6.45) is -1.34. The molecule has 29 heavy (non-hydrogen) atoms. The third-order valence-corrected chi connectivity index (χ3v) is 11.1. The third kappa shape index (κ3) is 4.86. The predicted octanol–water partition coefficient (Wildman–Crippen LogP) is 3.76. The van der Waals surface area contributed by atoms with Gasteiger partial charge in [0, 0.05) is 0 Å². The average molecular weight is 433 g/mol. The summed E-state index contributed by atoms with van der Waals surface area (Å²) >= 11 is 1.59. The van der Waals surface area contributed by atoms with E-state index in [9.17, 15) is 4.79 Å². The summed E-state index contributed by atoms with van der Waals surface area (Å²) in [6.45, 7) is 7.14. The minimum absolute atomic E-state index is 0.0963. The van der Waals surface area contributed by atoms with Gasteiger partial charge in [-0.15, -0.1) is 11.8 Å². The first-order valence-corrected chi connectivity index (χ1v) is 12.6. The summed E-state index contributed by atoms with van der Waals surface area (Å²) in [4.78, 5) is 11.3. The van der Waals surface area contributed by atoms with E-state index in [0.29, 0.717) is 12.4 Å². The molecular formula is C22H28O5SSi. The van der Waals surface area contributed by atoms with Crippen molar-refractivity contribution in [2.24, 2.45) is 0 Å². The summed E-state index contributed by atoms with van der Waals surface area (Å²) in [5.41, 5.74) is -0.202. The molecule has 0 amide bonds. The first-order chi connectivity index (χ1) is 13.9. The van der Waals surface area contributed by atoms with Gasteiger partial charge in [0.05, 0.1) is 19.5 Å². The van der Waals surface area contributed by atoms with Crippen LogP contribution in [0.2, 0.25) is 5.04 Å². The van der Waals surface area contributed by atoms with E-state index in [4.69, 9.17) is 13.9 Å². The van der Waals surface area contributed by atoms with Gasteiger partial charge in [0.25, 0.3) is 8.32 Å². The fourth-order valence-electron chi connectivity index (χ4n) is 3.69. The van der Waals surface area contributed by atoms with Crippen LogP contribution >= 0.6 is 11.8 Å². The molecule has 1 heterocycles. The maximum Gasteiger partial charge on any atom is 0.510 e. The Morgan fingerprint density at radius 2 is 1.62 bits per heavy atom. The van der Waals surface area contributed by atoms with Crippen LogP contribution in [0.4, 0.5) is 4.79 Å². The molecule has 0 saturated carbocycles. The molecule has 3 rings (SSSR count). The van der Waals surface area contributed by atoms with Crippen LogP contribution in [0.15, 0.2) is 60.7 Å². The van der Waals surface area contributed by atoms with Crippen LogP contribution < -0.4 is 10.4 Å². The van der Waals surface area contributed by atoms with Gasteiger partial charge in [-0.2, -0.15) is 0 Å². The lowest BCUT2D eigenvalue weighted by molar-refractivity contribution is -0.109. The Labute approximate surface area is 177 Å². The zero-order chi connectivity index (χ0) is 20.9. The monoisotopic (exact) mass is 432 g/mol. The smallest absolute Gasteiger partial charge is 0.438 e. The van der Waals surface area contributed by atoms with E-state index < -0.39 is 20.8 Å². The molecule has 0 aliphatic carbocycles. The largest absolute Gasteiger partial charge is 0.510 e. The van der Waals surface area contributed by atoms with Gasteiger partial charge in [0.15, 0.2) is 0 Å². The fourth-order valence-corrected chi connectivity index (χ4v) is 9.26. The second-order valence-corrected chi connectivity index (χ2v) is 13.4. The highest BCUT2D eigenvalue weighted by Crippen LogP contribution is 2.38. The molecule has 0 radical (unpaired) electrons. The molecular weight excluding hydrogens is 404 g/mol. The first-order valence-electron chi connectivity index (χ1n) is 9.63. The van der Waals surface area contributed by atoms with Crippen LogP contribution in [-0.2, 0) is 18.6 Å². The van der Waals surface area contributed by atoms with E-state index in [1.54, 1.807) is 11.8 Å². The van der Waals surface area contributed by atoms with Crippen LogP contribution in [0.3, 0.4) is 0 Å². The molecule has 1 fully saturated rings. The Morgan fingerprint density at radius 1 is 1.07 bits per heavy atom. The standard InChI is InChI=1S/C22H28O5SSi/c1-22(2,3)29(17-11-7-5-8-12-17,18-13-9-6-10-14-18)25-15-20-26-19(16-28-20)27-21(23)24-4/h5-14,19-20H,15-16H2,1-4H3/t19-,20-/m0/s1. The van der Waals surface area contributed by atoms with Gasteiger partial charge in [-0.3, -0.25) is 0 Å². The van der Waals surface area contributed by atoms with Gasteiger partial charge >= 0.3 is 6.16 Å². The van der Waals surface area contributed by atoms with Crippen molar-refractivity contribution in [2.45, 2.75) is 37.5 Å². The van der Waals surface area contributed by atoms with Gasteiger partial charge < -0.3 is 18.6 Å². The molecule has 2 aromatic carbocycles. The zero-order valence-corrected chi connectivity index (χ0v) is 19.1. The Kier molecular flexibility index (Phi) is 7.05. The van der Waals surface area contributed by atoms with Crippen LogP contribution in [0.1, 0.15) is 20.8 Å². The van der Waals surface area contributed by atoms with Crippen LogP contribution in [0, 0.1) is 0 Å². The third-order valence-electron chi connectivity index (χ3n) is 4.97. The quantitative estimate of drug-likeness (QED) is 0.512. The molecule has 2 aromatic rings. The number of hydrogen-bond donors (Lipinski definition) is 0. The van der Waals surface area contributed by atoms with Gasteiger partial charge in [-0.05, 0) is 15.4 Å². The van der Waals surface area contributed by atoms with E-state index in [-0.39, 0.29) is 10.5 Å². The highest BCUT2D eigenvalue weighted by molar-refractivity contribution is 8.00. The maximum absolute atomic E-state index is 11.3. The van der Waals surface area contributed by atoms with Gasteiger partial charge in [0.1, 0.15) is 5.44 Å². The Hall–Kier alpha value is -1.80. The Morgan fingerprint density at radius 3 is 2.10 bits per heavy atom. The van der Waals surface area contributed by atoms with Gasteiger partial charge in [-0.1, -0.05) is 81.4 Å². The highest BCUT2D eigenvalue weighted by atomic mass is 32.2. The van der Waals surface area contributed by atoms with E-state index in [2.05, 4.69) is 74.0 Å². The van der Waals surface area contributed by atoms with Crippen molar-refractivity contribution < 1.29 is 23.4 Å². The zero-order valence-electron chi connectivity index (χ0n) is 17.3. The van der Waals surface area contributed by atoms with Crippen molar-refractivity contribution in [1.29, 1.82) is 0 Å². The van der Waals surface area contributed by atoms with Crippen molar-refractivity contribution >= 4 is 36.6 Å². The number of ether oxygens (including phenoxy) is 3. The number of thioether (sulfide) groups is 1. The van der Waals surface area contributed by atoms with Crippen molar-refractivity contribution in [2.75, 3.05) is 19.5 Å². The fraction of sp³-hybridized carbons (Fsp3) is 0.409. The molecule has 0 bridgehead atoms. The molecule has 0 unspecified atom stereocenters. The number of rotatable bonds is 6. The second-order valence-electron chi connectivity index (χ2n) is 7.87. The average Bonchev–Trinajstić information content (AvgIpc) is 3.16. The molecule has 7 heteroatoms. The normalized spacial score (nSPS) is 19.7. The van der Waals surface area contributed by atoms with Crippen LogP contribution in [0.25, 0.3) is 0 Å². The molecule has 0 N–H and O–H groups in total. The topological polar surface area (TPSA) is 54.0 Å². The number of methoxy groups -OCH3 is 1. The van der Waals surface area contributed by atoms with Gasteiger partial charge in [-0.25, -0.2) is 4.79 Å². The number of carbonyl (C=O) groups is 1. The summed E-state index contributed by atoms with van der Waals surface area (Å²) in [6, 6.07) is 21.0. The summed E-state index contributed by atoms with van der Waals surface area (Å²) in [5, 5.41) is 2.36. The molecule has 1 saturated heterocycles. The second kappa shape index (κ2) is 9.34. The molecule has 5 nitrogen and oxygen atoms in total. The van der Waals surface area contributed by atoms with E-state index in [0.717, 1.165) is 0 Å². The predicted molar refractivity (Wildman–Crippen MR) is 118 cm³/mol. The molecule has 0 aromatic heterocycles. The summed E-state index contributed by atoms with van der Waals surface area (Å²) in [5.74, 6) is 0.559. The minimum atomic E-state index is -2.60. The summed E-state index contributed by atoms with van der Waals surface area (Å²) < 4.78 is 22.4. The van der Waals surface area contributed by atoms with Crippen LogP contribution in [0.5, 0.6) is 0 Å².